The van der Waals surface area contributed by atoms with Gasteiger partial charge in [0.25, 0.3) is 0 Å². The van der Waals surface area contributed by atoms with Gasteiger partial charge in [0.05, 0.1) is 6.61 Å². The van der Waals surface area contributed by atoms with Gasteiger partial charge in [0, 0.05) is 19.2 Å². The molecule has 0 aromatic carbocycles. The van der Waals surface area contributed by atoms with Gasteiger partial charge in [-0.05, 0) is 49.9 Å². The number of esters is 1. The van der Waals surface area contributed by atoms with E-state index in [1.807, 2.05) is 0 Å². The van der Waals surface area contributed by atoms with E-state index in [-0.39, 0.29) is 11.8 Å². The SMILES string of the molecule is CCOC(=O)c1cn(C)nc1NC(=O)C1[C@H]2[C@H]3CC[C@@H](C3)[C@H]12. The predicted octanol–water partition coefficient (Wildman–Crippen LogP) is 1.83. The van der Waals surface area contributed by atoms with Gasteiger partial charge in [0.1, 0.15) is 5.56 Å². The molecular formula is C16H21N3O3. The molecule has 1 aromatic heterocycles. The molecule has 0 radical (unpaired) electrons. The molecule has 118 valence electrons. The van der Waals surface area contributed by atoms with Gasteiger partial charge in [-0.15, -0.1) is 0 Å². The average molecular weight is 303 g/mol. The van der Waals surface area contributed by atoms with Crippen molar-refractivity contribution in [2.75, 3.05) is 11.9 Å². The molecule has 1 aromatic rings. The second-order valence-corrected chi connectivity index (χ2v) is 6.79. The molecular weight excluding hydrogens is 282 g/mol. The van der Waals surface area contributed by atoms with Crippen LogP contribution in [0, 0.1) is 29.6 Å². The van der Waals surface area contributed by atoms with Crippen LogP contribution in [0.5, 0.6) is 0 Å². The Morgan fingerprint density at radius 2 is 2.05 bits per heavy atom. The van der Waals surface area contributed by atoms with E-state index in [1.54, 1.807) is 20.2 Å². The molecule has 3 aliphatic rings. The number of anilines is 1. The lowest BCUT2D eigenvalue weighted by Gasteiger charge is -2.09. The second kappa shape index (κ2) is 4.83. The van der Waals surface area contributed by atoms with E-state index in [0.717, 1.165) is 11.8 Å². The Morgan fingerprint density at radius 3 is 2.68 bits per heavy atom. The summed E-state index contributed by atoms with van der Waals surface area (Å²) in [6.45, 7) is 2.06. The van der Waals surface area contributed by atoms with E-state index < -0.39 is 5.97 Å². The van der Waals surface area contributed by atoms with Crippen molar-refractivity contribution in [3.05, 3.63) is 11.8 Å². The van der Waals surface area contributed by atoms with Crippen molar-refractivity contribution >= 4 is 17.7 Å². The van der Waals surface area contributed by atoms with Crippen LogP contribution < -0.4 is 5.32 Å². The van der Waals surface area contributed by atoms with Gasteiger partial charge < -0.3 is 10.1 Å². The lowest BCUT2D eigenvalue weighted by atomic mass is 10.0. The monoisotopic (exact) mass is 303 g/mol. The second-order valence-electron chi connectivity index (χ2n) is 6.79. The zero-order valence-electron chi connectivity index (χ0n) is 12.9. The summed E-state index contributed by atoms with van der Waals surface area (Å²) in [5.74, 6) is 2.68. The van der Waals surface area contributed by atoms with Gasteiger partial charge in [-0.3, -0.25) is 9.48 Å². The molecule has 3 saturated carbocycles. The van der Waals surface area contributed by atoms with Crippen LogP contribution in [0.3, 0.4) is 0 Å². The lowest BCUT2D eigenvalue weighted by Crippen LogP contribution is -2.20. The van der Waals surface area contributed by atoms with E-state index in [2.05, 4.69) is 10.4 Å². The Balaban J connectivity index is 1.48. The van der Waals surface area contributed by atoms with Gasteiger partial charge in [0.15, 0.2) is 5.82 Å². The number of rotatable bonds is 4. The first-order valence-electron chi connectivity index (χ1n) is 8.11. The normalized spacial score (nSPS) is 34.4. The van der Waals surface area contributed by atoms with Crippen molar-refractivity contribution in [1.82, 2.24) is 9.78 Å². The fourth-order valence-corrected chi connectivity index (χ4v) is 4.81. The Bertz CT molecular complexity index is 623. The van der Waals surface area contributed by atoms with E-state index >= 15 is 0 Å². The van der Waals surface area contributed by atoms with Gasteiger partial charge in [-0.2, -0.15) is 5.10 Å². The Morgan fingerprint density at radius 1 is 1.36 bits per heavy atom. The van der Waals surface area contributed by atoms with Crippen molar-refractivity contribution in [3.63, 3.8) is 0 Å². The molecule has 1 N–H and O–H groups in total. The molecule has 0 unspecified atom stereocenters. The van der Waals surface area contributed by atoms with Crippen LogP contribution in [0.15, 0.2) is 6.20 Å². The van der Waals surface area contributed by atoms with Crippen molar-refractivity contribution in [2.45, 2.75) is 26.2 Å². The maximum Gasteiger partial charge on any atom is 0.343 e. The Kier molecular flexibility index (Phi) is 3.03. The van der Waals surface area contributed by atoms with Crippen molar-refractivity contribution in [1.29, 1.82) is 0 Å². The maximum atomic E-state index is 12.5. The largest absolute Gasteiger partial charge is 0.462 e. The molecule has 1 heterocycles. The molecule has 1 amide bonds. The van der Waals surface area contributed by atoms with Crippen LogP contribution in [-0.4, -0.2) is 28.3 Å². The first-order valence-corrected chi connectivity index (χ1v) is 8.11. The summed E-state index contributed by atoms with van der Waals surface area (Å²) in [5, 5.41) is 7.05. The molecule has 4 atom stereocenters. The fraction of sp³-hybridized carbons (Fsp3) is 0.688. The summed E-state index contributed by atoms with van der Waals surface area (Å²) >= 11 is 0. The molecule has 0 saturated heterocycles. The van der Waals surface area contributed by atoms with Crippen LogP contribution in [-0.2, 0) is 16.6 Å². The van der Waals surface area contributed by atoms with Gasteiger partial charge in [-0.1, -0.05) is 0 Å². The summed E-state index contributed by atoms with van der Waals surface area (Å²) in [7, 11) is 1.73. The number of nitrogens with one attached hydrogen (secondary N) is 1. The van der Waals surface area contributed by atoms with E-state index in [9.17, 15) is 9.59 Å². The highest BCUT2D eigenvalue weighted by Crippen LogP contribution is 2.69. The molecule has 3 aliphatic carbocycles. The van der Waals surface area contributed by atoms with Gasteiger partial charge in [0.2, 0.25) is 5.91 Å². The van der Waals surface area contributed by atoms with Crippen molar-refractivity contribution in [3.8, 4) is 0 Å². The molecule has 6 heteroatoms. The third-order valence-electron chi connectivity index (χ3n) is 5.60. The van der Waals surface area contributed by atoms with Gasteiger partial charge in [-0.25, -0.2) is 4.79 Å². The minimum atomic E-state index is -0.443. The third kappa shape index (κ3) is 1.96. The van der Waals surface area contributed by atoms with Crippen molar-refractivity contribution in [2.24, 2.45) is 36.6 Å². The highest BCUT2D eigenvalue weighted by atomic mass is 16.5. The minimum Gasteiger partial charge on any atom is -0.462 e. The van der Waals surface area contributed by atoms with Crippen LogP contribution in [0.25, 0.3) is 0 Å². The number of fused-ring (bicyclic) bond motifs is 5. The Hall–Kier alpha value is -1.85. The molecule has 0 spiro atoms. The fourth-order valence-electron chi connectivity index (χ4n) is 4.81. The molecule has 4 rings (SSSR count). The van der Waals surface area contributed by atoms with E-state index in [1.165, 1.54) is 23.9 Å². The molecule has 0 aliphatic heterocycles. The van der Waals surface area contributed by atoms with Gasteiger partial charge >= 0.3 is 5.97 Å². The van der Waals surface area contributed by atoms with Crippen LogP contribution >= 0.6 is 0 Å². The number of carbonyl (C=O) groups excluding carboxylic acids is 2. The van der Waals surface area contributed by atoms with Crippen LogP contribution in [0.2, 0.25) is 0 Å². The number of aryl methyl sites for hydroxylation is 1. The summed E-state index contributed by atoms with van der Waals surface area (Å²) in [6.07, 6.45) is 5.47. The first kappa shape index (κ1) is 13.8. The zero-order chi connectivity index (χ0) is 15.4. The van der Waals surface area contributed by atoms with Crippen molar-refractivity contribution < 1.29 is 14.3 Å². The number of hydrogen-bond acceptors (Lipinski definition) is 4. The maximum absolute atomic E-state index is 12.5. The minimum absolute atomic E-state index is 0.0239. The smallest absolute Gasteiger partial charge is 0.343 e. The molecule has 22 heavy (non-hydrogen) atoms. The lowest BCUT2D eigenvalue weighted by molar-refractivity contribution is -0.118. The number of ether oxygens (including phenoxy) is 1. The first-order chi connectivity index (χ1) is 10.6. The summed E-state index contributed by atoms with van der Waals surface area (Å²) in [5.41, 5.74) is 0.325. The average Bonchev–Trinajstić information content (AvgIpc) is 2.78. The van der Waals surface area contributed by atoms with Crippen LogP contribution in [0.4, 0.5) is 5.82 Å². The topological polar surface area (TPSA) is 73.2 Å². The highest BCUT2D eigenvalue weighted by Gasteiger charge is 2.67. The summed E-state index contributed by atoms with van der Waals surface area (Å²) in [4.78, 5) is 24.5. The molecule has 2 bridgehead atoms. The number of carbonyl (C=O) groups is 2. The zero-order valence-corrected chi connectivity index (χ0v) is 12.9. The third-order valence-corrected chi connectivity index (χ3v) is 5.60. The number of amides is 1. The standard InChI is InChI=1S/C16H21N3O3/c1-3-22-16(21)10-7-19(2)18-14(10)17-15(20)13-11-8-4-5-9(6-8)12(11)13/h7-9,11-13H,3-6H2,1-2H3,(H,17,18,20)/t8-,9-,11-,12-/m0/s1. The quantitative estimate of drug-likeness (QED) is 0.861. The highest BCUT2D eigenvalue weighted by molar-refractivity contribution is 6.01. The Labute approximate surface area is 129 Å². The summed E-state index contributed by atoms with van der Waals surface area (Å²) in [6, 6.07) is 0. The van der Waals surface area contributed by atoms with E-state index in [4.69, 9.17) is 4.74 Å². The number of hydrogen-bond donors (Lipinski definition) is 1. The predicted molar refractivity (Wildman–Crippen MR) is 79.1 cm³/mol. The number of aromatic nitrogens is 2. The van der Waals surface area contributed by atoms with Crippen LogP contribution in [0.1, 0.15) is 36.5 Å². The summed E-state index contributed by atoms with van der Waals surface area (Å²) < 4.78 is 6.54. The molecule has 6 nitrogen and oxygen atoms in total. The number of nitrogens with zero attached hydrogens (tertiary/aromatic N) is 2. The molecule has 3 fully saturated rings. The van der Waals surface area contributed by atoms with E-state index in [0.29, 0.717) is 29.8 Å².